The lowest BCUT2D eigenvalue weighted by Crippen LogP contribution is -2.34. The minimum absolute atomic E-state index is 0. The van der Waals surface area contributed by atoms with Gasteiger partial charge < -0.3 is 5.32 Å². The summed E-state index contributed by atoms with van der Waals surface area (Å²) in [4.78, 5) is 19.6. The van der Waals surface area contributed by atoms with Crippen molar-refractivity contribution in [2.24, 2.45) is 0 Å². The number of nitrogens with one attached hydrogen (secondary N) is 1. The minimum Gasteiger partial charge on any atom is -0.333 e. The summed E-state index contributed by atoms with van der Waals surface area (Å²) in [6.45, 7) is 2.29. The second-order valence-corrected chi connectivity index (χ2v) is 9.38. The number of amides is 1. The molecular weight excluding hydrogens is 538 g/mol. The van der Waals surface area contributed by atoms with Crippen molar-refractivity contribution in [2.75, 3.05) is 13.1 Å². The largest absolute Gasteiger partial charge is 0.333 e. The number of carbonyl (C=O) groups is 1. The molecule has 0 aliphatic carbocycles. The monoisotopic (exact) mass is 560 g/mol. The molecule has 2 aromatic heterocycles. The first-order chi connectivity index (χ1) is 18.5. The van der Waals surface area contributed by atoms with E-state index in [9.17, 15) is 14.4 Å². The van der Waals surface area contributed by atoms with Crippen LogP contribution >= 0.6 is 24.0 Å². The van der Waals surface area contributed by atoms with Crippen LogP contribution in [0.15, 0.2) is 60.8 Å². The zero-order valence-corrected chi connectivity index (χ0v) is 22.3. The number of fused-ring (bicyclic) bond motifs is 3. The van der Waals surface area contributed by atoms with Crippen LogP contribution in [0.3, 0.4) is 0 Å². The molecule has 1 aliphatic rings. The summed E-state index contributed by atoms with van der Waals surface area (Å²) in [6.07, 6.45) is 6.04. The number of nitriles is 2. The Kier molecular flexibility index (Phi) is 8.63. The Morgan fingerprint density at radius 2 is 2.00 bits per heavy atom. The number of hydrogen-bond donors (Lipinski definition) is 1. The van der Waals surface area contributed by atoms with Crippen LogP contribution < -0.4 is 5.32 Å². The summed E-state index contributed by atoms with van der Waals surface area (Å²) >= 11 is 5.97. The average molecular weight is 561 g/mol. The predicted octanol–water partition coefficient (Wildman–Crippen LogP) is 5.82. The summed E-state index contributed by atoms with van der Waals surface area (Å²) in [6, 6.07) is 17.2. The van der Waals surface area contributed by atoms with Crippen LogP contribution in [0.1, 0.15) is 33.5 Å². The van der Waals surface area contributed by atoms with E-state index >= 15 is 0 Å². The molecule has 0 saturated heterocycles. The van der Waals surface area contributed by atoms with Crippen molar-refractivity contribution in [2.45, 2.75) is 19.5 Å². The van der Waals surface area contributed by atoms with Crippen LogP contribution in [-0.4, -0.2) is 33.6 Å². The van der Waals surface area contributed by atoms with E-state index in [0.29, 0.717) is 47.9 Å². The van der Waals surface area contributed by atoms with E-state index in [2.05, 4.69) is 21.3 Å². The molecular formula is C29H23Cl2FN6O. The van der Waals surface area contributed by atoms with Crippen LogP contribution in [0.5, 0.6) is 0 Å². The Balaban J connectivity index is 0.00000353. The number of pyridine rings is 1. The lowest BCUT2D eigenvalue weighted by molar-refractivity contribution is 0.240. The first kappa shape index (κ1) is 27.8. The zero-order valence-electron chi connectivity index (χ0n) is 20.7. The molecule has 1 aliphatic heterocycles. The number of rotatable bonds is 5. The molecule has 0 unspecified atom stereocenters. The number of nitrogens with zero attached hydrogens (tertiary/aromatic N) is 5. The topological polar surface area (TPSA) is 97.7 Å². The second kappa shape index (κ2) is 12.1. The van der Waals surface area contributed by atoms with Crippen LogP contribution in [-0.2, 0) is 19.5 Å². The summed E-state index contributed by atoms with van der Waals surface area (Å²) in [5.41, 5.74) is 4.70. The van der Waals surface area contributed by atoms with Crippen molar-refractivity contribution in [1.82, 2.24) is 19.8 Å². The van der Waals surface area contributed by atoms with Crippen LogP contribution in [0.25, 0.3) is 17.0 Å². The van der Waals surface area contributed by atoms with Crippen molar-refractivity contribution in [3.63, 3.8) is 0 Å². The van der Waals surface area contributed by atoms with Crippen molar-refractivity contribution >= 4 is 47.0 Å². The number of benzene rings is 2. The van der Waals surface area contributed by atoms with E-state index in [-0.39, 0.29) is 24.0 Å². The quantitative estimate of drug-likeness (QED) is 0.310. The highest BCUT2D eigenvalue weighted by Gasteiger charge is 2.26. The Hall–Kier alpha value is -4.21. The smallest absolute Gasteiger partial charge is 0.326 e. The predicted molar refractivity (Wildman–Crippen MR) is 150 cm³/mol. The number of aromatic nitrogens is 2. The standard InChI is InChI=1S/C29H22ClFN6O.ClH/c30-28-14-21(7-9-34-28)17-35-29(38)37-26-8-11-36(10-1-2-19-3-5-22(16-33)25(31)12-19)18-24(26)23-6-4-20(15-32)13-27(23)37;/h1-7,9,12-14H,8,10-11,17-18H2,(H,35,38);1H/b2-1+;. The van der Waals surface area contributed by atoms with Gasteiger partial charge in [-0.2, -0.15) is 10.5 Å². The van der Waals surface area contributed by atoms with Crippen LogP contribution in [0.4, 0.5) is 9.18 Å². The van der Waals surface area contributed by atoms with Crippen molar-refractivity contribution in [1.29, 1.82) is 10.5 Å². The Morgan fingerprint density at radius 3 is 2.74 bits per heavy atom. The van der Waals surface area contributed by atoms with Crippen LogP contribution in [0, 0.1) is 28.5 Å². The lowest BCUT2D eigenvalue weighted by atomic mass is 10.0. The highest BCUT2D eigenvalue weighted by atomic mass is 35.5. The van der Waals surface area contributed by atoms with Gasteiger partial charge in [0.25, 0.3) is 0 Å². The molecule has 0 fully saturated rings. The number of carbonyl (C=O) groups excluding carboxylic acids is 1. The molecule has 1 N–H and O–H groups in total. The number of halogens is 3. The molecule has 0 bridgehead atoms. The third-order valence-electron chi connectivity index (χ3n) is 6.58. The van der Waals surface area contributed by atoms with Gasteiger partial charge in [0.05, 0.1) is 22.7 Å². The molecule has 2 aromatic carbocycles. The summed E-state index contributed by atoms with van der Waals surface area (Å²) in [7, 11) is 0. The average Bonchev–Trinajstić information content (AvgIpc) is 3.25. The first-order valence-corrected chi connectivity index (χ1v) is 12.4. The van der Waals surface area contributed by atoms with E-state index in [1.807, 2.05) is 24.3 Å². The second-order valence-electron chi connectivity index (χ2n) is 8.99. The van der Waals surface area contributed by atoms with Crippen LogP contribution in [0.2, 0.25) is 5.15 Å². The maximum Gasteiger partial charge on any atom is 0.326 e. The molecule has 196 valence electrons. The van der Waals surface area contributed by atoms with Crippen molar-refractivity contribution in [3.05, 3.63) is 105 Å². The zero-order chi connectivity index (χ0) is 26.6. The molecule has 0 saturated carbocycles. The highest BCUT2D eigenvalue weighted by molar-refractivity contribution is 6.29. The summed E-state index contributed by atoms with van der Waals surface area (Å²) in [5.74, 6) is -0.535. The SMILES string of the molecule is Cl.N#Cc1ccc2c3c(n(C(=O)NCc4ccnc(Cl)c4)c2c1)CCN(C/C=C/c1ccc(C#N)c(F)c1)C3. The van der Waals surface area contributed by atoms with Gasteiger partial charge >= 0.3 is 6.03 Å². The van der Waals surface area contributed by atoms with Crippen molar-refractivity contribution < 1.29 is 9.18 Å². The molecule has 1 amide bonds. The first-order valence-electron chi connectivity index (χ1n) is 12.0. The molecule has 7 nitrogen and oxygen atoms in total. The fourth-order valence-electron chi connectivity index (χ4n) is 4.74. The minimum atomic E-state index is -0.535. The van der Waals surface area contributed by atoms with E-state index in [1.54, 1.807) is 41.1 Å². The summed E-state index contributed by atoms with van der Waals surface area (Å²) in [5, 5.41) is 22.6. The summed E-state index contributed by atoms with van der Waals surface area (Å²) < 4.78 is 15.6. The Labute approximate surface area is 236 Å². The Morgan fingerprint density at radius 1 is 1.15 bits per heavy atom. The maximum atomic E-state index is 13.9. The van der Waals surface area contributed by atoms with Crippen molar-refractivity contribution in [3.8, 4) is 12.1 Å². The molecule has 0 atom stereocenters. The van der Waals surface area contributed by atoms with Gasteiger partial charge in [-0.1, -0.05) is 35.9 Å². The third-order valence-corrected chi connectivity index (χ3v) is 6.79. The molecule has 4 aromatic rings. The highest BCUT2D eigenvalue weighted by Crippen LogP contribution is 2.31. The molecule has 0 spiro atoms. The van der Waals surface area contributed by atoms with Gasteiger partial charge in [-0.15, -0.1) is 12.4 Å². The van der Waals surface area contributed by atoms with Gasteiger partial charge in [0.15, 0.2) is 0 Å². The van der Waals surface area contributed by atoms with Gasteiger partial charge in [0.1, 0.15) is 17.0 Å². The molecule has 39 heavy (non-hydrogen) atoms. The maximum absolute atomic E-state index is 13.9. The fraction of sp³-hybridized carbons (Fsp3) is 0.172. The lowest BCUT2D eigenvalue weighted by Gasteiger charge is -2.27. The van der Waals surface area contributed by atoms with Gasteiger partial charge in [-0.25, -0.2) is 14.2 Å². The fourth-order valence-corrected chi connectivity index (χ4v) is 4.94. The van der Waals surface area contributed by atoms with E-state index < -0.39 is 5.82 Å². The normalized spacial score (nSPS) is 12.9. The van der Waals surface area contributed by atoms with E-state index in [1.165, 1.54) is 12.1 Å². The molecule has 3 heterocycles. The molecule has 10 heteroatoms. The van der Waals surface area contributed by atoms with Gasteiger partial charge in [-0.05, 0) is 53.1 Å². The third kappa shape index (κ3) is 5.94. The Bertz CT molecular complexity index is 1670. The van der Waals surface area contributed by atoms with Gasteiger partial charge in [0, 0.05) is 49.9 Å². The molecule has 0 radical (unpaired) electrons. The van der Waals surface area contributed by atoms with E-state index in [4.69, 9.17) is 16.9 Å². The van der Waals surface area contributed by atoms with E-state index in [0.717, 1.165) is 28.8 Å². The van der Waals surface area contributed by atoms with Gasteiger partial charge in [-0.3, -0.25) is 9.47 Å². The van der Waals surface area contributed by atoms with Gasteiger partial charge in [0.2, 0.25) is 0 Å². The number of hydrogen-bond acceptors (Lipinski definition) is 5. The molecule has 5 rings (SSSR count).